The highest BCUT2D eigenvalue weighted by atomic mass is 16.5. The van der Waals surface area contributed by atoms with Crippen LogP contribution in [0.4, 0.5) is 0 Å². The molecule has 0 saturated heterocycles. The first kappa shape index (κ1) is 15.6. The number of hydrogen-bond donors (Lipinski definition) is 2. The molecule has 4 heteroatoms. The fourth-order valence-corrected chi connectivity index (χ4v) is 2.51. The van der Waals surface area contributed by atoms with Crippen molar-refractivity contribution in [3.8, 4) is 5.75 Å². The summed E-state index contributed by atoms with van der Waals surface area (Å²) in [5.41, 5.74) is 11.7. The van der Waals surface area contributed by atoms with Crippen LogP contribution in [0.1, 0.15) is 53.8 Å². The number of aromatic amines is 1. The van der Waals surface area contributed by atoms with E-state index in [1.807, 2.05) is 0 Å². The first-order valence-corrected chi connectivity index (χ1v) is 7.38. The van der Waals surface area contributed by atoms with Gasteiger partial charge in [0.25, 0.3) is 0 Å². The van der Waals surface area contributed by atoms with Gasteiger partial charge in [-0.3, -0.25) is 5.10 Å². The Balaban J connectivity index is 2.47. The Hall–Kier alpha value is -1.81. The molecule has 0 amide bonds. The number of nitrogens with zero attached hydrogens (tertiary/aromatic N) is 1. The van der Waals surface area contributed by atoms with Gasteiger partial charge < -0.3 is 10.5 Å². The molecule has 1 aromatic heterocycles. The van der Waals surface area contributed by atoms with Gasteiger partial charge in [0.2, 0.25) is 0 Å². The monoisotopic (exact) mass is 287 g/mol. The summed E-state index contributed by atoms with van der Waals surface area (Å²) < 4.78 is 5.55. The van der Waals surface area contributed by atoms with Gasteiger partial charge >= 0.3 is 0 Å². The smallest absolute Gasteiger partial charge is 0.123 e. The number of hydrogen-bond acceptors (Lipinski definition) is 3. The van der Waals surface area contributed by atoms with Crippen LogP contribution in [0.25, 0.3) is 0 Å². The van der Waals surface area contributed by atoms with Crippen molar-refractivity contribution in [1.29, 1.82) is 0 Å². The lowest BCUT2D eigenvalue weighted by molar-refractivity contribution is 0.407. The summed E-state index contributed by atoms with van der Waals surface area (Å²) >= 11 is 0. The van der Waals surface area contributed by atoms with Crippen LogP contribution in [0.2, 0.25) is 0 Å². The Kier molecular flexibility index (Phi) is 4.68. The van der Waals surface area contributed by atoms with Crippen LogP contribution in [0.15, 0.2) is 18.2 Å². The molecule has 1 unspecified atom stereocenters. The van der Waals surface area contributed by atoms with E-state index in [-0.39, 0.29) is 5.92 Å². The largest absolute Gasteiger partial charge is 0.496 e. The highest BCUT2D eigenvalue weighted by molar-refractivity contribution is 5.46. The van der Waals surface area contributed by atoms with Crippen LogP contribution in [0, 0.1) is 13.8 Å². The van der Waals surface area contributed by atoms with Crippen LogP contribution in [0.5, 0.6) is 5.75 Å². The first-order valence-electron chi connectivity index (χ1n) is 7.38. The van der Waals surface area contributed by atoms with E-state index in [4.69, 9.17) is 10.5 Å². The molecule has 4 nitrogen and oxygen atoms in total. The molecule has 114 valence electrons. The second kappa shape index (κ2) is 6.31. The molecule has 0 fully saturated rings. The third-order valence-electron chi connectivity index (χ3n) is 4.04. The zero-order valence-corrected chi connectivity index (χ0v) is 13.5. The summed E-state index contributed by atoms with van der Waals surface area (Å²) in [5.74, 6) is 1.35. The van der Waals surface area contributed by atoms with Gasteiger partial charge in [0.1, 0.15) is 5.75 Å². The van der Waals surface area contributed by atoms with Gasteiger partial charge in [-0.1, -0.05) is 19.9 Å². The lowest BCUT2D eigenvalue weighted by Gasteiger charge is -2.19. The van der Waals surface area contributed by atoms with Crippen molar-refractivity contribution < 1.29 is 4.74 Å². The second-order valence-electron chi connectivity index (χ2n) is 5.87. The Bertz CT molecular complexity index is 616. The molecule has 1 atom stereocenters. The molecule has 2 aromatic rings. The first-order chi connectivity index (χ1) is 9.97. The molecule has 0 radical (unpaired) electrons. The molecule has 3 N–H and O–H groups in total. The van der Waals surface area contributed by atoms with Crippen molar-refractivity contribution in [2.75, 3.05) is 13.7 Å². The molecule has 0 aliphatic rings. The zero-order valence-electron chi connectivity index (χ0n) is 13.5. The minimum Gasteiger partial charge on any atom is -0.496 e. The number of benzene rings is 1. The molecule has 0 aliphatic carbocycles. The van der Waals surface area contributed by atoms with Crippen molar-refractivity contribution in [3.05, 3.63) is 46.3 Å². The maximum absolute atomic E-state index is 6.03. The number of methoxy groups -OCH3 is 1. The van der Waals surface area contributed by atoms with Gasteiger partial charge in [0.05, 0.1) is 12.8 Å². The van der Waals surface area contributed by atoms with Crippen LogP contribution in [0.3, 0.4) is 0 Å². The summed E-state index contributed by atoms with van der Waals surface area (Å²) in [7, 11) is 1.70. The quantitative estimate of drug-likeness (QED) is 0.887. The number of nitrogens with one attached hydrogen (secondary N) is 1. The number of aromatic nitrogens is 2. The van der Waals surface area contributed by atoms with E-state index in [1.165, 1.54) is 11.1 Å². The van der Waals surface area contributed by atoms with Crippen molar-refractivity contribution >= 4 is 0 Å². The van der Waals surface area contributed by atoms with Gasteiger partial charge in [0, 0.05) is 23.7 Å². The fourth-order valence-electron chi connectivity index (χ4n) is 2.51. The van der Waals surface area contributed by atoms with Gasteiger partial charge in [-0.05, 0) is 43.0 Å². The van der Waals surface area contributed by atoms with Crippen molar-refractivity contribution in [2.45, 2.75) is 39.5 Å². The highest BCUT2D eigenvalue weighted by Gasteiger charge is 2.20. The second-order valence-corrected chi connectivity index (χ2v) is 5.87. The Morgan fingerprint density at radius 1 is 1.19 bits per heavy atom. The average Bonchev–Trinajstić information content (AvgIpc) is 2.93. The molecular formula is C17H25N3O. The van der Waals surface area contributed by atoms with Gasteiger partial charge in [-0.15, -0.1) is 0 Å². The van der Waals surface area contributed by atoms with Crippen LogP contribution in [-0.2, 0) is 0 Å². The standard InChI is InChI=1S/C17H25N3O/c1-10(2)15-8-16(20-19-15)14(9-18)13-6-11(3)12(4)7-17(13)21-5/h6-8,10,14H,9,18H2,1-5H3,(H,19,20). The number of nitrogens with two attached hydrogens (primary N) is 1. The SMILES string of the molecule is COc1cc(C)c(C)cc1C(CN)c1cc(C(C)C)n[nH]1. The molecule has 0 aliphatic heterocycles. The Morgan fingerprint density at radius 3 is 2.38 bits per heavy atom. The highest BCUT2D eigenvalue weighted by Crippen LogP contribution is 2.33. The predicted octanol–water partition coefficient (Wildman–Crippen LogP) is 3.25. The summed E-state index contributed by atoms with van der Waals surface area (Å²) in [5, 5.41) is 7.52. The zero-order chi connectivity index (χ0) is 15.6. The molecule has 21 heavy (non-hydrogen) atoms. The Labute approximate surface area is 126 Å². The Morgan fingerprint density at radius 2 is 1.86 bits per heavy atom. The predicted molar refractivity (Wildman–Crippen MR) is 86.0 cm³/mol. The third kappa shape index (κ3) is 3.10. The average molecular weight is 287 g/mol. The molecule has 1 heterocycles. The van der Waals surface area contributed by atoms with Crippen LogP contribution >= 0.6 is 0 Å². The number of H-pyrrole nitrogens is 1. The molecule has 1 aromatic carbocycles. The van der Waals surface area contributed by atoms with E-state index in [0.717, 1.165) is 22.7 Å². The summed E-state index contributed by atoms with van der Waals surface area (Å²) in [6.45, 7) is 8.98. The fraction of sp³-hybridized carbons (Fsp3) is 0.471. The molecule has 2 rings (SSSR count). The van der Waals surface area contributed by atoms with E-state index in [2.05, 4.69) is 56.1 Å². The number of aryl methyl sites for hydroxylation is 2. The topological polar surface area (TPSA) is 63.9 Å². The number of ether oxygens (including phenoxy) is 1. The maximum atomic E-state index is 6.03. The van der Waals surface area contributed by atoms with Gasteiger partial charge in [-0.25, -0.2) is 0 Å². The van der Waals surface area contributed by atoms with Crippen LogP contribution < -0.4 is 10.5 Å². The van der Waals surface area contributed by atoms with Crippen molar-refractivity contribution in [2.24, 2.45) is 5.73 Å². The maximum Gasteiger partial charge on any atom is 0.123 e. The van der Waals surface area contributed by atoms with E-state index >= 15 is 0 Å². The lowest BCUT2D eigenvalue weighted by atomic mass is 9.91. The lowest BCUT2D eigenvalue weighted by Crippen LogP contribution is -2.15. The number of rotatable bonds is 5. The minimum atomic E-state index is 0.0687. The van der Waals surface area contributed by atoms with E-state index < -0.39 is 0 Å². The van der Waals surface area contributed by atoms with Crippen LogP contribution in [-0.4, -0.2) is 23.9 Å². The van der Waals surface area contributed by atoms with Crippen molar-refractivity contribution in [1.82, 2.24) is 10.2 Å². The summed E-state index contributed by atoms with van der Waals surface area (Å²) in [6.07, 6.45) is 0. The summed E-state index contributed by atoms with van der Waals surface area (Å²) in [4.78, 5) is 0. The summed E-state index contributed by atoms with van der Waals surface area (Å²) in [6, 6.07) is 6.35. The van der Waals surface area contributed by atoms with E-state index in [1.54, 1.807) is 7.11 Å². The molecule has 0 spiro atoms. The molecule has 0 saturated carbocycles. The van der Waals surface area contributed by atoms with E-state index in [0.29, 0.717) is 12.5 Å². The minimum absolute atomic E-state index is 0.0687. The normalized spacial score (nSPS) is 12.7. The third-order valence-corrected chi connectivity index (χ3v) is 4.04. The van der Waals surface area contributed by atoms with Gasteiger partial charge in [0.15, 0.2) is 0 Å². The molecule has 0 bridgehead atoms. The molecular weight excluding hydrogens is 262 g/mol. The van der Waals surface area contributed by atoms with Crippen molar-refractivity contribution in [3.63, 3.8) is 0 Å². The van der Waals surface area contributed by atoms with E-state index in [9.17, 15) is 0 Å². The van der Waals surface area contributed by atoms with Gasteiger partial charge in [-0.2, -0.15) is 5.10 Å².